The average molecular weight is 191 g/mol. The van der Waals surface area contributed by atoms with Crippen LogP contribution in [0.15, 0.2) is 0 Å². The van der Waals surface area contributed by atoms with Crippen LogP contribution in [0.4, 0.5) is 0 Å². The first-order valence-electron chi connectivity index (χ1n) is 5.23. The minimum absolute atomic E-state index is 0.632. The second-order valence-electron chi connectivity index (χ2n) is 4.13. The van der Waals surface area contributed by atoms with Gasteiger partial charge in [0.2, 0.25) is 0 Å². The number of fused-ring (bicyclic) bond motifs is 1. The van der Waals surface area contributed by atoms with E-state index in [1.54, 1.807) is 0 Å². The maximum Gasteiger partial charge on any atom is 0.125 e. The molecule has 0 spiro atoms. The number of aryl methyl sites for hydroxylation is 3. The molecule has 0 aromatic carbocycles. The molecule has 0 saturated carbocycles. The van der Waals surface area contributed by atoms with Gasteiger partial charge in [-0.1, -0.05) is 0 Å². The number of nitrogens with two attached hydrogens (primary N) is 1. The Kier molecular flexibility index (Phi) is 2.50. The molecule has 1 aromatic heterocycles. The average Bonchev–Trinajstić information content (AvgIpc) is 2.17. The van der Waals surface area contributed by atoms with Gasteiger partial charge in [0, 0.05) is 11.4 Å². The molecular formula is C11H17N3. The van der Waals surface area contributed by atoms with Gasteiger partial charge < -0.3 is 5.73 Å². The Bertz CT molecular complexity index is 347. The van der Waals surface area contributed by atoms with Gasteiger partial charge in [-0.3, -0.25) is 0 Å². The predicted octanol–water partition coefficient (Wildman–Crippen LogP) is 1.16. The lowest BCUT2D eigenvalue weighted by molar-refractivity contribution is 0.458. The summed E-state index contributed by atoms with van der Waals surface area (Å²) in [5.74, 6) is 1.53. The van der Waals surface area contributed by atoms with Crippen LogP contribution in [0.25, 0.3) is 0 Å². The summed E-state index contributed by atoms with van der Waals surface area (Å²) in [6, 6.07) is 0. The Morgan fingerprint density at radius 3 is 2.86 bits per heavy atom. The third-order valence-electron chi connectivity index (χ3n) is 3.03. The Morgan fingerprint density at radius 1 is 1.36 bits per heavy atom. The molecule has 1 heterocycles. The van der Waals surface area contributed by atoms with Gasteiger partial charge in [-0.2, -0.15) is 0 Å². The molecule has 0 aliphatic heterocycles. The van der Waals surface area contributed by atoms with Crippen LogP contribution in [-0.2, 0) is 12.8 Å². The first-order valence-corrected chi connectivity index (χ1v) is 5.23. The summed E-state index contributed by atoms with van der Waals surface area (Å²) in [6.45, 7) is 4.82. The topological polar surface area (TPSA) is 51.8 Å². The van der Waals surface area contributed by atoms with Gasteiger partial charge >= 0.3 is 0 Å². The highest BCUT2D eigenvalue weighted by Crippen LogP contribution is 2.25. The van der Waals surface area contributed by atoms with Crippen molar-refractivity contribution in [2.24, 2.45) is 11.7 Å². The molecule has 0 amide bonds. The predicted molar refractivity (Wildman–Crippen MR) is 56.1 cm³/mol. The fourth-order valence-electron chi connectivity index (χ4n) is 2.21. The number of hydrogen-bond donors (Lipinski definition) is 1. The van der Waals surface area contributed by atoms with Crippen LogP contribution < -0.4 is 5.73 Å². The molecule has 0 radical (unpaired) electrons. The highest BCUT2D eigenvalue weighted by atomic mass is 14.9. The zero-order chi connectivity index (χ0) is 10.1. The Morgan fingerprint density at radius 2 is 2.14 bits per heavy atom. The smallest absolute Gasteiger partial charge is 0.125 e. The SMILES string of the molecule is Cc1nc(C)c2c(n1)CCC(CN)C2. The molecule has 14 heavy (non-hydrogen) atoms. The minimum atomic E-state index is 0.632. The van der Waals surface area contributed by atoms with Crippen molar-refractivity contribution in [2.75, 3.05) is 6.54 Å². The largest absolute Gasteiger partial charge is 0.330 e. The van der Waals surface area contributed by atoms with Crippen molar-refractivity contribution < 1.29 is 0 Å². The van der Waals surface area contributed by atoms with Crippen molar-refractivity contribution >= 4 is 0 Å². The van der Waals surface area contributed by atoms with Crippen molar-refractivity contribution in [2.45, 2.75) is 33.1 Å². The fourth-order valence-corrected chi connectivity index (χ4v) is 2.21. The standard InChI is InChI=1S/C11H17N3/c1-7-10-5-9(6-12)3-4-11(10)14-8(2)13-7/h9H,3-6,12H2,1-2H3. The van der Waals surface area contributed by atoms with E-state index in [1.165, 1.54) is 17.7 Å². The molecule has 3 nitrogen and oxygen atoms in total. The molecule has 0 saturated heterocycles. The van der Waals surface area contributed by atoms with Crippen molar-refractivity contribution in [1.29, 1.82) is 0 Å². The van der Waals surface area contributed by atoms with Gasteiger partial charge in [0.05, 0.1) is 0 Å². The Hall–Kier alpha value is -0.960. The van der Waals surface area contributed by atoms with Gasteiger partial charge in [0.15, 0.2) is 0 Å². The molecule has 1 aliphatic rings. The molecule has 1 aliphatic carbocycles. The van der Waals surface area contributed by atoms with Crippen LogP contribution in [0.2, 0.25) is 0 Å². The number of nitrogens with zero attached hydrogens (tertiary/aromatic N) is 2. The molecule has 1 unspecified atom stereocenters. The summed E-state index contributed by atoms with van der Waals surface area (Å²) in [5, 5.41) is 0. The first-order chi connectivity index (χ1) is 6.70. The Balaban J connectivity index is 2.37. The van der Waals surface area contributed by atoms with Gasteiger partial charge in [-0.15, -0.1) is 0 Å². The van der Waals surface area contributed by atoms with E-state index in [0.717, 1.165) is 30.9 Å². The summed E-state index contributed by atoms with van der Waals surface area (Å²) < 4.78 is 0. The van der Waals surface area contributed by atoms with Gasteiger partial charge in [0.25, 0.3) is 0 Å². The third kappa shape index (κ3) is 1.64. The maximum absolute atomic E-state index is 5.70. The molecule has 76 valence electrons. The summed E-state index contributed by atoms with van der Waals surface area (Å²) >= 11 is 0. The van der Waals surface area contributed by atoms with Crippen molar-refractivity contribution in [1.82, 2.24) is 9.97 Å². The fraction of sp³-hybridized carbons (Fsp3) is 0.636. The van der Waals surface area contributed by atoms with Crippen LogP contribution in [-0.4, -0.2) is 16.5 Å². The third-order valence-corrected chi connectivity index (χ3v) is 3.03. The van der Waals surface area contributed by atoms with Gasteiger partial charge in [-0.25, -0.2) is 9.97 Å². The van der Waals surface area contributed by atoms with Crippen molar-refractivity contribution in [3.63, 3.8) is 0 Å². The van der Waals surface area contributed by atoms with E-state index >= 15 is 0 Å². The van der Waals surface area contributed by atoms with E-state index < -0.39 is 0 Å². The summed E-state index contributed by atoms with van der Waals surface area (Å²) in [6.07, 6.45) is 3.32. The van der Waals surface area contributed by atoms with Crippen molar-refractivity contribution in [3.05, 3.63) is 22.8 Å². The lowest BCUT2D eigenvalue weighted by atomic mass is 9.86. The normalized spacial score (nSPS) is 20.6. The van der Waals surface area contributed by atoms with Gasteiger partial charge in [-0.05, 0) is 51.1 Å². The molecule has 0 fully saturated rings. The molecule has 0 bridgehead atoms. The van der Waals surface area contributed by atoms with E-state index in [4.69, 9.17) is 5.73 Å². The van der Waals surface area contributed by atoms with Crippen LogP contribution in [0.5, 0.6) is 0 Å². The van der Waals surface area contributed by atoms with E-state index in [0.29, 0.717) is 5.92 Å². The first kappa shape index (κ1) is 9.59. The van der Waals surface area contributed by atoms with Crippen LogP contribution in [0.3, 0.4) is 0 Å². The monoisotopic (exact) mass is 191 g/mol. The molecule has 3 heteroatoms. The summed E-state index contributed by atoms with van der Waals surface area (Å²) in [4.78, 5) is 8.90. The minimum Gasteiger partial charge on any atom is -0.330 e. The van der Waals surface area contributed by atoms with E-state index in [2.05, 4.69) is 16.9 Å². The molecule has 2 rings (SSSR count). The number of rotatable bonds is 1. The van der Waals surface area contributed by atoms with Crippen LogP contribution in [0.1, 0.15) is 29.2 Å². The summed E-state index contributed by atoms with van der Waals surface area (Å²) in [7, 11) is 0. The van der Waals surface area contributed by atoms with E-state index in [9.17, 15) is 0 Å². The lowest BCUT2D eigenvalue weighted by Crippen LogP contribution is -2.24. The number of hydrogen-bond acceptors (Lipinski definition) is 3. The lowest BCUT2D eigenvalue weighted by Gasteiger charge is -2.23. The highest BCUT2D eigenvalue weighted by Gasteiger charge is 2.20. The summed E-state index contributed by atoms with van der Waals surface area (Å²) in [5.41, 5.74) is 9.44. The van der Waals surface area contributed by atoms with E-state index in [1.807, 2.05) is 6.92 Å². The van der Waals surface area contributed by atoms with Crippen molar-refractivity contribution in [3.8, 4) is 0 Å². The van der Waals surface area contributed by atoms with Gasteiger partial charge in [0.1, 0.15) is 5.82 Å². The quantitative estimate of drug-likeness (QED) is 0.724. The van der Waals surface area contributed by atoms with Crippen LogP contribution in [0, 0.1) is 19.8 Å². The maximum atomic E-state index is 5.70. The highest BCUT2D eigenvalue weighted by molar-refractivity contribution is 5.28. The molecular weight excluding hydrogens is 174 g/mol. The molecule has 1 aromatic rings. The zero-order valence-corrected chi connectivity index (χ0v) is 8.88. The van der Waals surface area contributed by atoms with Crippen LogP contribution >= 0.6 is 0 Å². The zero-order valence-electron chi connectivity index (χ0n) is 8.88. The second-order valence-corrected chi connectivity index (χ2v) is 4.13. The molecule has 1 atom stereocenters. The van der Waals surface area contributed by atoms with E-state index in [-0.39, 0.29) is 0 Å². The Labute approximate surface area is 84.8 Å². The molecule has 2 N–H and O–H groups in total. The number of aromatic nitrogens is 2. The second kappa shape index (κ2) is 3.65.